The lowest BCUT2D eigenvalue weighted by Crippen LogP contribution is -2.39. The molecule has 32 heavy (non-hydrogen) atoms. The first kappa shape index (κ1) is 27.5. The number of hydrogen-bond donors (Lipinski definition) is 6. The highest BCUT2D eigenvalue weighted by Crippen LogP contribution is 2.66. The molecule has 2 rings (SSSR count). The first-order valence-electron chi connectivity index (χ1n) is 7.84. The quantitative estimate of drug-likeness (QED) is 0.195. The molecule has 1 aromatic rings. The molecule has 0 aliphatic carbocycles. The van der Waals surface area contributed by atoms with Crippen LogP contribution in [0.2, 0.25) is 0 Å². The number of nitrogens with zero attached hydrogens (tertiary/aromatic N) is 2. The molecule has 184 valence electrons. The van der Waals surface area contributed by atoms with Gasteiger partial charge in [-0.3, -0.25) is 9.09 Å². The molecule has 0 amide bonds. The Morgan fingerprint density at radius 2 is 1.78 bits per heavy atom. The summed E-state index contributed by atoms with van der Waals surface area (Å²) in [6.07, 6.45) is -10.4. The number of halogens is 3. The van der Waals surface area contributed by atoms with E-state index in [4.69, 9.17) is 37.4 Å². The van der Waals surface area contributed by atoms with Gasteiger partial charge in [0.2, 0.25) is 4.77 Å². The van der Waals surface area contributed by atoms with Crippen LogP contribution in [0.25, 0.3) is 0 Å². The summed E-state index contributed by atoms with van der Waals surface area (Å²) in [6, 6.07) is 1.10. The molecular weight excluding hydrogens is 536 g/mol. The summed E-state index contributed by atoms with van der Waals surface area (Å²) in [5.41, 5.74) is 5.39. The lowest BCUT2D eigenvalue weighted by Gasteiger charge is -2.24. The van der Waals surface area contributed by atoms with Crippen LogP contribution in [0.4, 0.5) is 19.0 Å². The number of aliphatic hydroxyl groups excluding tert-OH is 1. The van der Waals surface area contributed by atoms with Crippen LogP contribution >= 0.6 is 35.7 Å². The third-order valence-electron chi connectivity index (χ3n) is 3.69. The Morgan fingerprint density at radius 3 is 2.28 bits per heavy atom. The Morgan fingerprint density at radius 1 is 1.19 bits per heavy atom. The van der Waals surface area contributed by atoms with Gasteiger partial charge in [-0.2, -0.15) is 21.8 Å². The standard InChI is InChI=1S/C10H15F3N3O12P3S/c11-10(12,13)6-7(17)4(26-8(6)16-2-1-5(14)15-9(16)32)3-25-30(21,22)28-31(23,24)27-29(18,19)20/h1-2,4,6-8,17H,3H2,(H,21,22)(H,23,24)(H2,14,15,32)(H2,18,19,20). The van der Waals surface area contributed by atoms with Crippen molar-refractivity contribution in [2.45, 2.75) is 24.6 Å². The third-order valence-corrected chi connectivity index (χ3v) is 7.80. The van der Waals surface area contributed by atoms with Crippen LogP contribution in [-0.2, 0) is 31.6 Å². The predicted octanol–water partition coefficient (Wildman–Crippen LogP) is 0.975. The minimum atomic E-state index is -5.84. The van der Waals surface area contributed by atoms with E-state index >= 15 is 0 Å². The van der Waals surface area contributed by atoms with Crippen LogP contribution in [0.5, 0.6) is 0 Å². The second kappa shape index (κ2) is 9.46. The average molecular weight is 551 g/mol. The molecule has 1 aliphatic heterocycles. The summed E-state index contributed by atoms with van der Waals surface area (Å²) < 4.78 is 90.7. The van der Waals surface area contributed by atoms with Gasteiger partial charge >= 0.3 is 29.6 Å². The number of aromatic nitrogens is 2. The van der Waals surface area contributed by atoms with Gasteiger partial charge in [0, 0.05) is 6.20 Å². The molecule has 6 atom stereocenters. The number of alkyl halides is 3. The van der Waals surface area contributed by atoms with E-state index in [0.717, 1.165) is 16.8 Å². The maximum atomic E-state index is 13.5. The Kier molecular flexibility index (Phi) is 8.12. The fourth-order valence-electron chi connectivity index (χ4n) is 2.57. The largest absolute Gasteiger partial charge is 0.490 e. The molecule has 1 aliphatic rings. The van der Waals surface area contributed by atoms with Crippen LogP contribution in [0.3, 0.4) is 0 Å². The molecule has 0 radical (unpaired) electrons. The van der Waals surface area contributed by atoms with E-state index in [1.165, 1.54) is 0 Å². The molecular formula is C10H15F3N3O12P3S. The van der Waals surface area contributed by atoms with Gasteiger partial charge in [0.15, 0.2) is 6.23 Å². The fraction of sp³-hybridized carbons (Fsp3) is 0.600. The summed E-state index contributed by atoms with van der Waals surface area (Å²) in [4.78, 5) is 39.0. The Hall–Kier alpha value is -0.780. The van der Waals surface area contributed by atoms with Crippen LogP contribution in [-0.4, -0.2) is 59.2 Å². The van der Waals surface area contributed by atoms with Crippen LogP contribution in [0.1, 0.15) is 6.23 Å². The van der Waals surface area contributed by atoms with Crippen molar-refractivity contribution in [1.82, 2.24) is 9.55 Å². The molecule has 1 saturated heterocycles. The molecule has 22 heteroatoms. The van der Waals surface area contributed by atoms with Crippen molar-refractivity contribution < 1.29 is 69.4 Å². The van der Waals surface area contributed by atoms with Crippen molar-refractivity contribution in [2.75, 3.05) is 12.3 Å². The lowest BCUT2D eigenvalue weighted by atomic mass is 9.99. The minimum absolute atomic E-state index is 0.113. The Bertz CT molecular complexity index is 1050. The summed E-state index contributed by atoms with van der Waals surface area (Å²) >= 11 is 4.83. The zero-order valence-corrected chi connectivity index (χ0v) is 18.6. The summed E-state index contributed by atoms with van der Waals surface area (Å²) in [7, 11) is -17.1. The number of aliphatic hydroxyl groups is 1. The first-order chi connectivity index (χ1) is 14.3. The highest BCUT2D eigenvalue weighted by molar-refractivity contribution is 7.71. The molecule has 7 N–H and O–H groups in total. The first-order valence-corrected chi connectivity index (χ1v) is 12.8. The molecule has 0 saturated carbocycles. The maximum absolute atomic E-state index is 13.5. The Balaban J connectivity index is 2.20. The minimum Gasteiger partial charge on any atom is -0.389 e. The molecule has 1 aromatic heterocycles. The number of nitrogens with two attached hydrogens (primary N) is 1. The van der Waals surface area contributed by atoms with Gasteiger partial charge < -0.3 is 35.2 Å². The molecule has 0 bridgehead atoms. The number of anilines is 1. The van der Waals surface area contributed by atoms with E-state index in [0.29, 0.717) is 0 Å². The second-order valence-corrected chi connectivity index (χ2v) is 10.8. The van der Waals surface area contributed by atoms with Crippen LogP contribution < -0.4 is 5.73 Å². The summed E-state index contributed by atoms with van der Waals surface area (Å²) in [5.74, 6) is -2.73. The molecule has 6 unspecified atom stereocenters. The molecule has 0 aromatic carbocycles. The van der Waals surface area contributed by atoms with E-state index < -0.39 is 65.4 Å². The van der Waals surface area contributed by atoms with Gasteiger partial charge in [-0.05, 0) is 18.3 Å². The Labute approximate surface area is 181 Å². The fourth-order valence-corrected chi connectivity index (χ4v) is 5.87. The number of hydrogen-bond acceptors (Lipinski definition) is 11. The van der Waals surface area contributed by atoms with E-state index in [9.17, 15) is 36.9 Å². The van der Waals surface area contributed by atoms with Gasteiger partial charge in [0.25, 0.3) is 0 Å². The van der Waals surface area contributed by atoms with Crippen molar-refractivity contribution in [1.29, 1.82) is 0 Å². The lowest BCUT2D eigenvalue weighted by molar-refractivity contribution is -0.211. The van der Waals surface area contributed by atoms with Gasteiger partial charge in [-0.1, -0.05) is 0 Å². The average Bonchev–Trinajstić information content (AvgIpc) is 2.86. The van der Waals surface area contributed by atoms with E-state index in [1.807, 2.05) is 0 Å². The van der Waals surface area contributed by atoms with Crippen molar-refractivity contribution in [2.24, 2.45) is 5.92 Å². The third kappa shape index (κ3) is 7.36. The van der Waals surface area contributed by atoms with E-state index in [1.54, 1.807) is 0 Å². The smallest absolute Gasteiger partial charge is 0.389 e. The maximum Gasteiger partial charge on any atom is 0.490 e. The highest BCUT2D eigenvalue weighted by Gasteiger charge is 2.58. The molecule has 15 nitrogen and oxygen atoms in total. The number of phosphoric acid groups is 3. The number of nitrogen functional groups attached to an aromatic ring is 1. The van der Waals surface area contributed by atoms with Gasteiger partial charge in [0.05, 0.1) is 12.7 Å². The normalized spacial score (nSPS) is 28.2. The van der Waals surface area contributed by atoms with E-state index in [2.05, 4.69) is 18.1 Å². The number of ether oxygens (including phenoxy) is 1. The SMILES string of the molecule is Nc1ccn(C2OC(COP(=O)(O)OP(=O)(O)OP(=O)(O)O)C(O)C2C(F)(F)F)c(=S)n1. The van der Waals surface area contributed by atoms with Crippen molar-refractivity contribution in [3.8, 4) is 0 Å². The predicted molar refractivity (Wildman–Crippen MR) is 96.8 cm³/mol. The van der Waals surface area contributed by atoms with Gasteiger partial charge in [-0.25, -0.2) is 18.7 Å². The summed E-state index contributed by atoms with van der Waals surface area (Å²) in [5, 5.41) is 10.1. The van der Waals surface area contributed by atoms with Crippen LogP contribution in [0.15, 0.2) is 12.3 Å². The van der Waals surface area contributed by atoms with Crippen molar-refractivity contribution in [3.63, 3.8) is 0 Å². The summed E-state index contributed by atoms with van der Waals surface area (Å²) in [6.45, 7) is -1.30. The second-order valence-electron chi connectivity index (χ2n) is 6.05. The number of phosphoric ester groups is 1. The number of rotatable bonds is 8. The van der Waals surface area contributed by atoms with Gasteiger partial charge in [0.1, 0.15) is 17.8 Å². The monoisotopic (exact) mass is 551 g/mol. The van der Waals surface area contributed by atoms with Crippen molar-refractivity contribution >= 4 is 41.5 Å². The topological polar surface area (TPSA) is 233 Å². The highest BCUT2D eigenvalue weighted by atomic mass is 32.1. The molecule has 0 spiro atoms. The van der Waals surface area contributed by atoms with Crippen molar-refractivity contribution in [3.05, 3.63) is 17.0 Å². The molecule has 1 fully saturated rings. The van der Waals surface area contributed by atoms with Crippen LogP contribution in [0, 0.1) is 10.7 Å². The zero-order chi connectivity index (χ0) is 24.7. The zero-order valence-electron chi connectivity index (χ0n) is 15.1. The molecule has 2 heterocycles. The van der Waals surface area contributed by atoms with E-state index in [-0.39, 0.29) is 5.82 Å². The van der Waals surface area contributed by atoms with Gasteiger partial charge in [-0.15, -0.1) is 0 Å².